The maximum absolute atomic E-state index is 10.2. The Morgan fingerprint density at radius 1 is 0.348 bits per heavy atom. The highest BCUT2D eigenvalue weighted by Crippen LogP contribution is 2.41. The first-order valence-electron chi connectivity index (χ1n) is 15.3. The van der Waals surface area contributed by atoms with Crippen LogP contribution in [-0.4, -0.2) is 0 Å². The summed E-state index contributed by atoms with van der Waals surface area (Å²) in [5, 5.41) is 15.4. The number of hydrogen-bond donors (Lipinski definition) is 0. The van der Waals surface area contributed by atoms with Gasteiger partial charge in [0.2, 0.25) is 0 Å². The standard InChI is InChI=1S/C43H25NS2/c44-26-34-20-28(14-17-35(34)27-8-2-1-3-9-27)31-21-32(29-15-18-42-38(24-29)36-10-4-6-12-40(36)45-42)23-33(22-31)30-16-19-43-39(25-30)37-11-5-7-13-41(37)46-43/h1-25H. The van der Waals surface area contributed by atoms with Crippen molar-refractivity contribution in [2.45, 2.75) is 0 Å². The van der Waals surface area contributed by atoms with Crippen molar-refractivity contribution in [1.29, 1.82) is 5.26 Å². The van der Waals surface area contributed by atoms with Gasteiger partial charge in [-0.1, -0.05) is 91.0 Å². The van der Waals surface area contributed by atoms with Crippen LogP contribution in [0.4, 0.5) is 0 Å². The maximum atomic E-state index is 10.2. The van der Waals surface area contributed by atoms with Crippen LogP contribution in [0.5, 0.6) is 0 Å². The molecule has 0 aliphatic carbocycles. The molecule has 9 aromatic rings. The molecular formula is C43H25NS2. The lowest BCUT2D eigenvalue weighted by Crippen LogP contribution is -1.89. The van der Waals surface area contributed by atoms with E-state index >= 15 is 0 Å². The Morgan fingerprint density at radius 2 is 0.804 bits per heavy atom. The number of fused-ring (bicyclic) bond motifs is 6. The lowest BCUT2D eigenvalue weighted by atomic mass is 9.90. The number of benzene rings is 7. The Hall–Kier alpha value is -5.53. The molecule has 0 saturated heterocycles. The zero-order chi connectivity index (χ0) is 30.6. The van der Waals surface area contributed by atoms with Gasteiger partial charge in [0.05, 0.1) is 11.6 Å². The molecule has 0 unspecified atom stereocenters. The molecule has 46 heavy (non-hydrogen) atoms. The van der Waals surface area contributed by atoms with Gasteiger partial charge >= 0.3 is 0 Å². The van der Waals surface area contributed by atoms with Crippen molar-refractivity contribution in [3.8, 4) is 50.6 Å². The van der Waals surface area contributed by atoms with E-state index in [0.29, 0.717) is 5.56 Å². The molecule has 0 radical (unpaired) electrons. The van der Waals surface area contributed by atoms with Crippen molar-refractivity contribution < 1.29 is 0 Å². The highest BCUT2D eigenvalue weighted by Gasteiger charge is 2.14. The molecule has 7 aromatic carbocycles. The van der Waals surface area contributed by atoms with Crippen molar-refractivity contribution in [2.24, 2.45) is 0 Å². The third kappa shape index (κ3) is 4.51. The molecule has 0 amide bonds. The average molecular weight is 620 g/mol. The molecular weight excluding hydrogens is 595 g/mol. The fraction of sp³-hybridized carbons (Fsp3) is 0. The zero-order valence-electron chi connectivity index (χ0n) is 24.7. The van der Waals surface area contributed by atoms with Crippen molar-refractivity contribution in [3.05, 3.63) is 157 Å². The smallest absolute Gasteiger partial charge is 0.0998 e. The third-order valence-electron chi connectivity index (χ3n) is 8.91. The third-order valence-corrected chi connectivity index (χ3v) is 11.2. The van der Waals surface area contributed by atoms with E-state index in [1.165, 1.54) is 51.5 Å². The van der Waals surface area contributed by atoms with Gasteiger partial charge in [0.15, 0.2) is 0 Å². The Labute approximate surface area is 274 Å². The second-order valence-electron chi connectivity index (χ2n) is 11.7. The molecule has 1 nitrogen and oxygen atoms in total. The summed E-state index contributed by atoms with van der Waals surface area (Å²) in [6, 6.07) is 56.8. The van der Waals surface area contributed by atoms with Crippen LogP contribution < -0.4 is 0 Å². The van der Waals surface area contributed by atoms with Crippen LogP contribution in [0.3, 0.4) is 0 Å². The molecule has 9 rings (SSSR count). The zero-order valence-corrected chi connectivity index (χ0v) is 26.3. The second-order valence-corrected chi connectivity index (χ2v) is 13.8. The molecule has 0 aliphatic heterocycles. The lowest BCUT2D eigenvalue weighted by Gasteiger charge is -2.13. The molecule has 0 aliphatic rings. The van der Waals surface area contributed by atoms with Crippen molar-refractivity contribution in [1.82, 2.24) is 0 Å². The molecule has 0 fully saturated rings. The van der Waals surface area contributed by atoms with E-state index in [1.807, 2.05) is 46.9 Å². The fourth-order valence-electron chi connectivity index (χ4n) is 6.62. The van der Waals surface area contributed by atoms with E-state index < -0.39 is 0 Å². The summed E-state index contributed by atoms with van der Waals surface area (Å²) in [7, 11) is 0. The van der Waals surface area contributed by atoms with Crippen LogP contribution in [0.25, 0.3) is 84.9 Å². The normalized spacial score (nSPS) is 11.5. The summed E-state index contributed by atoms with van der Waals surface area (Å²) in [5.74, 6) is 0. The van der Waals surface area contributed by atoms with Gasteiger partial charge in [0.1, 0.15) is 0 Å². The average Bonchev–Trinajstić information content (AvgIpc) is 3.69. The second kappa shape index (κ2) is 10.8. The fourth-order valence-corrected chi connectivity index (χ4v) is 8.80. The van der Waals surface area contributed by atoms with Gasteiger partial charge in [-0.2, -0.15) is 5.26 Å². The summed E-state index contributed by atoms with van der Waals surface area (Å²) in [6.45, 7) is 0. The topological polar surface area (TPSA) is 23.8 Å². The predicted molar refractivity (Wildman–Crippen MR) is 199 cm³/mol. The molecule has 0 bridgehead atoms. The van der Waals surface area contributed by atoms with E-state index in [-0.39, 0.29) is 0 Å². The van der Waals surface area contributed by atoms with E-state index in [0.717, 1.165) is 33.4 Å². The number of hydrogen-bond acceptors (Lipinski definition) is 3. The molecule has 2 aromatic heterocycles. The van der Waals surface area contributed by atoms with Crippen molar-refractivity contribution >= 4 is 63.0 Å². The first-order chi connectivity index (χ1) is 22.7. The van der Waals surface area contributed by atoms with Crippen LogP contribution in [0.2, 0.25) is 0 Å². The van der Waals surface area contributed by atoms with Crippen LogP contribution in [0.1, 0.15) is 5.56 Å². The SMILES string of the molecule is N#Cc1cc(-c2cc(-c3ccc4sc5ccccc5c4c3)cc(-c3ccc4sc5ccccc5c4c3)c2)ccc1-c1ccccc1. The lowest BCUT2D eigenvalue weighted by molar-refractivity contribution is 1.47. The molecule has 3 heteroatoms. The molecule has 0 saturated carbocycles. The summed E-state index contributed by atoms with van der Waals surface area (Å²) in [4.78, 5) is 0. The van der Waals surface area contributed by atoms with Crippen LogP contribution in [-0.2, 0) is 0 Å². The van der Waals surface area contributed by atoms with Gasteiger partial charge in [-0.15, -0.1) is 22.7 Å². The predicted octanol–water partition coefficient (Wildman–Crippen LogP) is 13.0. The van der Waals surface area contributed by atoms with Gasteiger partial charge in [0, 0.05) is 40.3 Å². The number of nitriles is 1. The highest BCUT2D eigenvalue weighted by atomic mass is 32.1. The minimum atomic E-state index is 0.674. The summed E-state index contributed by atoms with van der Waals surface area (Å²) < 4.78 is 5.21. The molecule has 214 valence electrons. The minimum absolute atomic E-state index is 0.674. The van der Waals surface area contributed by atoms with Crippen molar-refractivity contribution in [3.63, 3.8) is 0 Å². The largest absolute Gasteiger partial charge is 0.192 e. The molecule has 0 N–H and O–H groups in total. The Kier molecular flexibility index (Phi) is 6.31. The summed E-state index contributed by atoms with van der Waals surface area (Å²) >= 11 is 3.68. The van der Waals surface area contributed by atoms with E-state index in [9.17, 15) is 5.26 Å². The van der Waals surface area contributed by atoms with Crippen LogP contribution in [0.15, 0.2) is 152 Å². The molecule has 0 atom stereocenters. The first kappa shape index (κ1) is 26.8. The van der Waals surface area contributed by atoms with E-state index in [1.54, 1.807) is 0 Å². The summed E-state index contributed by atoms with van der Waals surface area (Å²) in [6.07, 6.45) is 0. The number of nitrogens with zero attached hydrogens (tertiary/aromatic N) is 1. The van der Waals surface area contributed by atoms with Crippen molar-refractivity contribution in [2.75, 3.05) is 0 Å². The van der Waals surface area contributed by atoms with Crippen LogP contribution in [0, 0.1) is 11.3 Å². The van der Waals surface area contributed by atoms with Gasteiger partial charge < -0.3 is 0 Å². The number of rotatable bonds is 4. The van der Waals surface area contributed by atoms with Crippen LogP contribution >= 0.6 is 22.7 Å². The van der Waals surface area contributed by atoms with Gasteiger partial charge in [-0.05, 0) is 105 Å². The molecule has 2 heterocycles. The quantitative estimate of drug-likeness (QED) is 0.192. The maximum Gasteiger partial charge on any atom is 0.0998 e. The monoisotopic (exact) mass is 619 g/mol. The Morgan fingerprint density at radius 3 is 1.35 bits per heavy atom. The first-order valence-corrected chi connectivity index (χ1v) is 16.9. The van der Waals surface area contributed by atoms with Gasteiger partial charge in [-0.25, -0.2) is 0 Å². The summed E-state index contributed by atoms with van der Waals surface area (Å²) in [5.41, 5.74) is 9.48. The number of thiophene rings is 2. The van der Waals surface area contributed by atoms with Gasteiger partial charge in [0.25, 0.3) is 0 Å². The Bertz CT molecular complexity index is 2520. The highest BCUT2D eigenvalue weighted by molar-refractivity contribution is 7.26. The molecule has 0 spiro atoms. The van der Waals surface area contributed by atoms with E-state index in [2.05, 4.69) is 133 Å². The van der Waals surface area contributed by atoms with E-state index in [4.69, 9.17) is 0 Å². The Balaban J connectivity index is 1.25. The van der Waals surface area contributed by atoms with Gasteiger partial charge in [-0.3, -0.25) is 0 Å². The minimum Gasteiger partial charge on any atom is -0.192 e.